The van der Waals surface area contributed by atoms with Gasteiger partial charge in [-0.15, -0.1) is 0 Å². The van der Waals surface area contributed by atoms with E-state index >= 15 is 0 Å². The highest BCUT2D eigenvalue weighted by Crippen LogP contribution is 2.15. The van der Waals surface area contributed by atoms with Crippen LogP contribution in [0.2, 0.25) is 0 Å². The third-order valence-electron chi connectivity index (χ3n) is 4.86. The molecule has 0 fully saturated rings. The minimum absolute atomic E-state index is 0.121. The maximum absolute atomic E-state index is 12.1. The van der Waals surface area contributed by atoms with Crippen LogP contribution >= 0.6 is 0 Å². The number of rotatable bonds is 9. The monoisotopic (exact) mass is 474 g/mol. The van der Waals surface area contributed by atoms with Crippen molar-refractivity contribution in [3.8, 4) is 11.5 Å². The van der Waals surface area contributed by atoms with E-state index < -0.39 is 11.8 Å². The molecule has 9 nitrogen and oxygen atoms in total. The van der Waals surface area contributed by atoms with Gasteiger partial charge in [-0.05, 0) is 66.6 Å². The Morgan fingerprint density at radius 3 is 2.20 bits per heavy atom. The number of nitrogens with zero attached hydrogens (tertiary/aromatic N) is 1. The molecule has 0 heterocycles. The Morgan fingerprint density at radius 2 is 1.54 bits per heavy atom. The quantitative estimate of drug-likeness (QED) is 0.250. The van der Waals surface area contributed by atoms with E-state index in [1.54, 1.807) is 48.5 Å². The fourth-order valence-corrected chi connectivity index (χ4v) is 2.99. The van der Waals surface area contributed by atoms with Crippen LogP contribution in [0.4, 0.5) is 5.69 Å². The summed E-state index contributed by atoms with van der Waals surface area (Å²) in [6.07, 6.45) is 1.39. The number of hydrogen-bond acceptors (Lipinski definition) is 6. The lowest BCUT2D eigenvalue weighted by atomic mass is 10.1. The maximum Gasteiger partial charge on any atom is 0.329 e. The second-order valence-electron chi connectivity index (χ2n) is 7.44. The molecule has 0 aromatic heterocycles. The van der Waals surface area contributed by atoms with Gasteiger partial charge in [0.25, 0.3) is 5.91 Å². The molecule has 3 aromatic rings. The predicted octanol–water partition coefficient (Wildman–Crippen LogP) is 3.04. The molecule has 3 amide bonds. The average molecular weight is 475 g/mol. The van der Waals surface area contributed by atoms with Gasteiger partial charge in [0.2, 0.25) is 0 Å². The van der Waals surface area contributed by atoms with E-state index in [-0.39, 0.29) is 18.6 Å². The van der Waals surface area contributed by atoms with Gasteiger partial charge in [-0.3, -0.25) is 14.4 Å². The van der Waals surface area contributed by atoms with Gasteiger partial charge in [0.05, 0.1) is 19.4 Å². The van der Waals surface area contributed by atoms with E-state index in [0.717, 1.165) is 5.56 Å². The van der Waals surface area contributed by atoms with Crippen molar-refractivity contribution in [1.29, 1.82) is 0 Å². The van der Waals surface area contributed by atoms with Gasteiger partial charge in [0, 0.05) is 5.69 Å². The molecule has 0 bridgehead atoms. The number of anilines is 1. The van der Waals surface area contributed by atoms with Crippen LogP contribution in [-0.4, -0.2) is 37.7 Å². The summed E-state index contributed by atoms with van der Waals surface area (Å²) in [5, 5.41) is 9.13. The van der Waals surface area contributed by atoms with E-state index in [0.29, 0.717) is 22.7 Å². The van der Waals surface area contributed by atoms with Crippen molar-refractivity contribution >= 4 is 29.6 Å². The van der Waals surface area contributed by atoms with E-state index in [9.17, 15) is 14.4 Å². The normalized spacial score (nSPS) is 11.4. The van der Waals surface area contributed by atoms with Gasteiger partial charge in [0.1, 0.15) is 11.5 Å². The number of hydrazone groups is 1. The second kappa shape index (κ2) is 12.5. The Hall–Kier alpha value is -4.66. The first-order valence-electron chi connectivity index (χ1n) is 10.8. The van der Waals surface area contributed by atoms with Crippen molar-refractivity contribution in [3.05, 3.63) is 90.0 Å². The van der Waals surface area contributed by atoms with Crippen molar-refractivity contribution in [2.45, 2.75) is 13.0 Å². The molecule has 9 heteroatoms. The largest absolute Gasteiger partial charge is 0.497 e. The van der Waals surface area contributed by atoms with Gasteiger partial charge in [-0.25, -0.2) is 5.43 Å². The van der Waals surface area contributed by atoms with E-state index in [4.69, 9.17) is 9.47 Å². The van der Waals surface area contributed by atoms with Crippen molar-refractivity contribution < 1.29 is 23.9 Å². The number of carbonyl (C=O) groups excluding carboxylic acids is 3. The van der Waals surface area contributed by atoms with Crippen molar-refractivity contribution in [3.63, 3.8) is 0 Å². The first-order chi connectivity index (χ1) is 16.9. The molecular weight excluding hydrogens is 448 g/mol. The number of carbonyl (C=O) groups is 3. The third kappa shape index (κ3) is 8.01. The van der Waals surface area contributed by atoms with Crippen LogP contribution < -0.4 is 25.5 Å². The minimum Gasteiger partial charge on any atom is -0.497 e. The summed E-state index contributed by atoms with van der Waals surface area (Å²) in [6, 6.07) is 22.8. The molecule has 0 unspecified atom stereocenters. The first kappa shape index (κ1) is 25.0. The molecule has 0 saturated carbocycles. The zero-order chi connectivity index (χ0) is 25.0. The predicted molar refractivity (Wildman–Crippen MR) is 132 cm³/mol. The van der Waals surface area contributed by atoms with Crippen LogP contribution in [0.5, 0.6) is 11.5 Å². The van der Waals surface area contributed by atoms with Crippen LogP contribution in [0, 0.1) is 0 Å². The number of amides is 3. The van der Waals surface area contributed by atoms with Crippen molar-refractivity contribution in [1.82, 2.24) is 10.7 Å². The Labute approximate surface area is 203 Å². The van der Waals surface area contributed by atoms with Gasteiger partial charge in [-0.2, -0.15) is 5.10 Å². The zero-order valence-electron chi connectivity index (χ0n) is 19.4. The van der Waals surface area contributed by atoms with Gasteiger partial charge >= 0.3 is 11.8 Å². The van der Waals surface area contributed by atoms with Gasteiger partial charge in [0.15, 0.2) is 6.61 Å². The SMILES string of the molecule is COc1ccc(NC(=O)C(=O)N/N=C\c2ccc(OCC(=O)N[C@@H](C)c3ccccc3)cc2)cc1. The summed E-state index contributed by atoms with van der Waals surface area (Å²) >= 11 is 0. The Bertz CT molecular complexity index is 1160. The third-order valence-corrected chi connectivity index (χ3v) is 4.86. The Morgan fingerprint density at radius 1 is 0.886 bits per heavy atom. The molecule has 1 atom stereocenters. The molecule has 0 aliphatic heterocycles. The van der Waals surface area contributed by atoms with E-state index in [2.05, 4.69) is 21.2 Å². The molecular formula is C26H26N4O5. The van der Waals surface area contributed by atoms with Gasteiger partial charge in [-0.1, -0.05) is 30.3 Å². The number of hydrogen-bond donors (Lipinski definition) is 3. The Kier molecular flexibility index (Phi) is 8.95. The topological polar surface area (TPSA) is 118 Å². The summed E-state index contributed by atoms with van der Waals surface area (Å²) in [4.78, 5) is 36.0. The number of benzene rings is 3. The summed E-state index contributed by atoms with van der Waals surface area (Å²) in [5.41, 5.74) is 4.29. The highest BCUT2D eigenvalue weighted by Gasteiger charge is 2.13. The summed E-state index contributed by atoms with van der Waals surface area (Å²) < 4.78 is 10.6. The zero-order valence-corrected chi connectivity index (χ0v) is 19.4. The number of ether oxygens (including phenoxy) is 2. The minimum atomic E-state index is -0.909. The van der Waals surface area contributed by atoms with Crippen LogP contribution in [0.3, 0.4) is 0 Å². The molecule has 35 heavy (non-hydrogen) atoms. The lowest BCUT2D eigenvalue weighted by Gasteiger charge is -2.14. The number of methoxy groups -OCH3 is 1. The Balaban J connectivity index is 1.41. The average Bonchev–Trinajstić information content (AvgIpc) is 2.89. The van der Waals surface area contributed by atoms with Gasteiger partial charge < -0.3 is 20.1 Å². The molecule has 180 valence electrons. The highest BCUT2D eigenvalue weighted by molar-refractivity contribution is 6.39. The first-order valence-corrected chi connectivity index (χ1v) is 10.8. The standard InChI is InChI=1S/C26H26N4O5/c1-18(20-6-4-3-5-7-20)28-24(31)17-35-23-12-8-19(9-13-23)16-27-30-26(33)25(32)29-21-10-14-22(34-2)15-11-21/h3-16,18H,17H2,1-2H3,(H,28,31)(H,29,32)(H,30,33)/b27-16-/t18-/m0/s1. The smallest absolute Gasteiger partial charge is 0.329 e. The molecule has 3 rings (SSSR count). The summed E-state index contributed by atoms with van der Waals surface area (Å²) in [5.74, 6) is -0.853. The molecule has 0 radical (unpaired) electrons. The fraction of sp³-hybridized carbons (Fsp3) is 0.154. The van der Waals surface area contributed by atoms with Crippen LogP contribution in [0.25, 0.3) is 0 Å². The molecule has 3 N–H and O–H groups in total. The second-order valence-corrected chi connectivity index (χ2v) is 7.44. The van der Waals surface area contributed by atoms with Crippen LogP contribution in [0.15, 0.2) is 84.0 Å². The maximum atomic E-state index is 12.1. The molecule has 0 aliphatic carbocycles. The lowest BCUT2D eigenvalue weighted by Crippen LogP contribution is -2.32. The van der Waals surface area contributed by atoms with Crippen molar-refractivity contribution in [2.24, 2.45) is 5.10 Å². The lowest BCUT2D eigenvalue weighted by molar-refractivity contribution is -0.136. The number of nitrogens with one attached hydrogen (secondary N) is 3. The molecule has 0 saturated heterocycles. The fourth-order valence-electron chi connectivity index (χ4n) is 2.99. The van der Waals surface area contributed by atoms with E-state index in [1.165, 1.54) is 13.3 Å². The molecule has 0 spiro atoms. The summed E-state index contributed by atoms with van der Waals surface area (Å²) in [6.45, 7) is 1.78. The summed E-state index contributed by atoms with van der Waals surface area (Å²) in [7, 11) is 1.53. The van der Waals surface area contributed by atoms with Crippen LogP contribution in [-0.2, 0) is 14.4 Å². The van der Waals surface area contributed by atoms with Crippen LogP contribution in [0.1, 0.15) is 24.1 Å². The molecule has 0 aliphatic rings. The van der Waals surface area contributed by atoms with E-state index in [1.807, 2.05) is 37.3 Å². The van der Waals surface area contributed by atoms with Crippen molar-refractivity contribution in [2.75, 3.05) is 19.0 Å². The highest BCUT2D eigenvalue weighted by atomic mass is 16.5. The molecule has 3 aromatic carbocycles.